The Morgan fingerprint density at radius 3 is 2.79 bits per heavy atom. The zero-order chi connectivity index (χ0) is 23.8. The monoisotopic (exact) mass is 531 g/mol. The third-order valence-corrected chi connectivity index (χ3v) is 6.09. The van der Waals surface area contributed by atoms with E-state index in [4.69, 9.17) is 22.1 Å². The van der Waals surface area contributed by atoms with Crippen molar-refractivity contribution in [3.05, 3.63) is 74.4 Å². The van der Waals surface area contributed by atoms with E-state index in [9.17, 15) is 9.59 Å². The third kappa shape index (κ3) is 7.74. The minimum Gasteiger partial charge on any atom is -0.487 e. The lowest BCUT2D eigenvalue weighted by Crippen LogP contribution is -2.31. The van der Waals surface area contributed by atoms with Crippen molar-refractivity contribution in [1.82, 2.24) is 10.6 Å². The van der Waals surface area contributed by atoms with Gasteiger partial charge in [-0.15, -0.1) is 0 Å². The number of hydrogen-bond donors (Lipinski definition) is 3. The maximum atomic E-state index is 12.5. The Balaban J connectivity index is 1.78. The van der Waals surface area contributed by atoms with Gasteiger partial charge >= 0.3 is 0 Å². The molecular formula is C25H27BrClN3O3. The molecule has 174 valence electrons. The molecule has 0 radical (unpaired) electrons. The first-order valence-electron chi connectivity index (χ1n) is 10.7. The van der Waals surface area contributed by atoms with Crippen LogP contribution in [0.4, 0.5) is 0 Å². The van der Waals surface area contributed by atoms with Gasteiger partial charge in [-0.25, -0.2) is 0 Å². The smallest absolute Gasteiger partial charge is 0.224 e. The average Bonchev–Trinajstić information content (AvgIpc) is 3.30. The van der Waals surface area contributed by atoms with E-state index in [1.54, 1.807) is 0 Å². The Kier molecular flexibility index (Phi) is 9.11. The standard InChI is InChI=1S/C25H27BrClN3O3/c1-16(31)10-22(28)15-33-24-7-3-17(2-4-18-5-6-21(27)12-23(18)26)11-20(24)14-30-25(32)19-8-9-29-13-19/h2-7,10-12,19,29H,8-9,13-15,28H2,1H3,(H,30,32)/b4-2+,22-10?. The van der Waals surface area contributed by atoms with Crippen molar-refractivity contribution < 1.29 is 14.3 Å². The number of rotatable bonds is 9. The molecule has 1 aliphatic rings. The van der Waals surface area contributed by atoms with E-state index in [-0.39, 0.29) is 24.2 Å². The minimum absolute atomic E-state index is 0.0196. The molecule has 0 aromatic heterocycles. The molecular weight excluding hydrogens is 506 g/mol. The molecule has 1 unspecified atom stereocenters. The quantitative estimate of drug-likeness (QED) is 0.331. The first-order valence-corrected chi connectivity index (χ1v) is 11.8. The number of nitrogens with one attached hydrogen (secondary N) is 2. The van der Waals surface area contributed by atoms with E-state index < -0.39 is 0 Å². The highest BCUT2D eigenvalue weighted by Gasteiger charge is 2.22. The Bertz CT molecular complexity index is 1080. The van der Waals surface area contributed by atoms with Gasteiger partial charge in [0.15, 0.2) is 5.78 Å². The first kappa shape index (κ1) is 25.0. The Morgan fingerprint density at radius 2 is 2.09 bits per heavy atom. The van der Waals surface area contributed by atoms with Crippen molar-refractivity contribution >= 4 is 51.4 Å². The van der Waals surface area contributed by atoms with E-state index in [2.05, 4.69) is 26.6 Å². The molecule has 1 fully saturated rings. The van der Waals surface area contributed by atoms with E-state index in [1.165, 1.54) is 13.0 Å². The van der Waals surface area contributed by atoms with Gasteiger partial charge in [-0.3, -0.25) is 9.59 Å². The molecule has 1 aliphatic heterocycles. The molecule has 1 atom stereocenters. The number of hydrogen-bond acceptors (Lipinski definition) is 5. The van der Waals surface area contributed by atoms with Gasteiger partial charge in [-0.05, 0) is 55.3 Å². The van der Waals surface area contributed by atoms with E-state index in [0.717, 1.165) is 34.1 Å². The predicted molar refractivity (Wildman–Crippen MR) is 136 cm³/mol. The van der Waals surface area contributed by atoms with Gasteiger partial charge in [0.1, 0.15) is 12.4 Å². The van der Waals surface area contributed by atoms with Crippen LogP contribution in [0.2, 0.25) is 5.02 Å². The third-order valence-electron chi connectivity index (χ3n) is 5.17. The molecule has 0 saturated carbocycles. The second-order valence-corrected chi connectivity index (χ2v) is 9.18. The van der Waals surface area contributed by atoms with Crippen LogP contribution in [0.25, 0.3) is 12.2 Å². The Labute approximate surface area is 207 Å². The summed E-state index contributed by atoms with van der Waals surface area (Å²) in [6.45, 7) is 3.40. The molecule has 3 rings (SSSR count). The van der Waals surface area contributed by atoms with Gasteiger partial charge in [-0.2, -0.15) is 0 Å². The van der Waals surface area contributed by atoms with Crippen molar-refractivity contribution in [2.24, 2.45) is 11.7 Å². The van der Waals surface area contributed by atoms with Crippen LogP contribution in [-0.2, 0) is 16.1 Å². The number of carbonyl (C=O) groups is 2. The fraction of sp³-hybridized carbons (Fsp3) is 0.280. The number of ether oxygens (including phenoxy) is 1. The predicted octanol–water partition coefficient (Wildman–Crippen LogP) is 4.31. The van der Waals surface area contributed by atoms with Crippen LogP contribution in [0.5, 0.6) is 5.75 Å². The maximum absolute atomic E-state index is 12.5. The molecule has 1 amide bonds. The van der Waals surface area contributed by atoms with Crippen LogP contribution in [0, 0.1) is 5.92 Å². The topological polar surface area (TPSA) is 93.5 Å². The van der Waals surface area contributed by atoms with E-state index in [0.29, 0.717) is 29.6 Å². The van der Waals surface area contributed by atoms with E-state index >= 15 is 0 Å². The second-order valence-electron chi connectivity index (χ2n) is 7.89. The molecule has 1 heterocycles. The van der Waals surface area contributed by atoms with Crippen LogP contribution in [0.15, 0.2) is 52.6 Å². The number of halogens is 2. The summed E-state index contributed by atoms with van der Waals surface area (Å²) in [5.41, 5.74) is 8.96. The Morgan fingerprint density at radius 1 is 1.27 bits per heavy atom. The highest BCUT2D eigenvalue weighted by molar-refractivity contribution is 9.10. The molecule has 4 N–H and O–H groups in total. The number of benzene rings is 2. The molecule has 33 heavy (non-hydrogen) atoms. The number of ketones is 1. The lowest BCUT2D eigenvalue weighted by Gasteiger charge is -2.15. The fourth-order valence-electron chi connectivity index (χ4n) is 3.47. The highest BCUT2D eigenvalue weighted by atomic mass is 79.9. The van der Waals surface area contributed by atoms with Crippen LogP contribution in [0.1, 0.15) is 30.0 Å². The molecule has 0 bridgehead atoms. The zero-order valence-corrected chi connectivity index (χ0v) is 20.7. The van der Waals surface area contributed by atoms with Gasteiger partial charge in [0.25, 0.3) is 0 Å². The number of carbonyl (C=O) groups excluding carboxylic acids is 2. The summed E-state index contributed by atoms with van der Waals surface area (Å²) in [6.07, 6.45) is 6.14. The maximum Gasteiger partial charge on any atom is 0.224 e. The molecule has 1 saturated heterocycles. The fourth-order valence-corrected chi connectivity index (χ4v) is 4.29. The lowest BCUT2D eigenvalue weighted by molar-refractivity contribution is -0.124. The van der Waals surface area contributed by atoms with Gasteiger partial charge in [-0.1, -0.05) is 51.8 Å². The summed E-state index contributed by atoms with van der Waals surface area (Å²) in [5, 5.41) is 6.88. The summed E-state index contributed by atoms with van der Waals surface area (Å²) in [7, 11) is 0. The first-order chi connectivity index (χ1) is 15.8. The molecule has 0 aliphatic carbocycles. The molecule has 6 nitrogen and oxygen atoms in total. The lowest BCUT2D eigenvalue weighted by atomic mass is 10.1. The van der Waals surface area contributed by atoms with Crippen molar-refractivity contribution in [2.75, 3.05) is 19.7 Å². The summed E-state index contributed by atoms with van der Waals surface area (Å²) in [5.74, 6) is 0.467. The van der Waals surface area contributed by atoms with Crippen molar-refractivity contribution in [2.45, 2.75) is 19.9 Å². The van der Waals surface area contributed by atoms with Crippen molar-refractivity contribution in [3.63, 3.8) is 0 Å². The highest BCUT2D eigenvalue weighted by Crippen LogP contribution is 2.25. The number of amides is 1. The number of allylic oxidation sites excluding steroid dienone is 1. The van der Waals surface area contributed by atoms with Crippen LogP contribution in [-0.4, -0.2) is 31.4 Å². The van der Waals surface area contributed by atoms with Crippen LogP contribution < -0.4 is 21.1 Å². The van der Waals surface area contributed by atoms with Gasteiger partial charge in [0.2, 0.25) is 5.91 Å². The SMILES string of the molecule is CC(=O)C=C(N)COc1ccc(/C=C/c2ccc(Cl)cc2Br)cc1CNC(=O)C1CCNC1. The van der Waals surface area contributed by atoms with Gasteiger partial charge in [0.05, 0.1) is 5.92 Å². The van der Waals surface area contributed by atoms with Gasteiger partial charge in [0, 0.05) is 39.9 Å². The van der Waals surface area contributed by atoms with Crippen molar-refractivity contribution in [1.29, 1.82) is 0 Å². The Hall–Kier alpha value is -2.61. The summed E-state index contributed by atoms with van der Waals surface area (Å²) in [4.78, 5) is 23.7. The summed E-state index contributed by atoms with van der Waals surface area (Å²) < 4.78 is 6.75. The van der Waals surface area contributed by atoms with Gasteiger partial charge < -0.3 is 21.1 Å². The largest absolute Gasteiger partial charge is 0.487 e. The number of nitrogens with two attached hydrogens (primary N) is 1. The van der Waals surface area contributed by atoms with Crippen LogP contribution in [0.3, 0.4) is 0 Å². The molecule has 8 heteroatoms. The summed E-state index contributed by atoms with van der Waals surface area (Å²) >= 11 is 9.54. The molecule has 2 aromatic carbocycles. The molecule has 2 aromatic rings. The average molecular weight is 533 g/mol. The van der Waals surface area contributed by atoms with Crippen LogP contribution >= 0.6 is 27.5 Å². The minimum atomic E-state index is -0.136. The second kappa shape index (κ2) is 12.0. The zero-order valence-electron chi connectivity index (χ0n) is 18.4. The summed E-state index contributed by atoms with van der Waals surface area (Å²) in [6, 6.07) is 11.3. The van der Waals surface area contributed by atoms with E-state index in [1.807, 2.05) is 48.6 Å². The van der Waals surface area contributed by atoms with Crippen molar-refractivity contribution in [3.8, 4) is 5.75 Å². The molecule has 0 spiro atoms. The normalized spacial score (nSPS) is 16.2.